The third kappa shape index (κ3) is 6.93. The smallest absolute Gasteiger partial charge is 0.119 e. The molecule has 4 aromatic carbocycles. The standard InChI is InChI=1S/C50H41BrN4O/c1-31-5-11-34(12-6-31)47-39-21-23-41(52-39)48(35-13-7-32(2)8-14-35)43-25-27-45(54-43)50(37-17-19-38(20-18-37)56-30-4-29-51)46-28-26-44(55-46)49(42-24-22-40(47)53-42)36-15-9-33(3)10-16-36/h5-28,52,55H,4,29-30H2,1-3H3. The van der Waals surface area contributed by atoms with Gasteiger partial charge in [-0.15, -0.1) is 0 Å². The number of hydrogen-bond acceptors (Lipinski definition) is 3. The van der Waals surface area contributed by atoms with Crippen LogP contribution in [0.4, 0.5) is 0 Å². The second-order valence-electron chi connectivity index (χ2n) is 14.5. The molecule has 0 radical (unpaired) electrons. The number of halogens is 1. The predicted molar refractivity (Wildman–Crippen MR) is 239 cm³/mol. The molecule has 5 heterocycles. The molecule has 0 atom stereocenters. The first-order chi connectivity index (χ1) is 27.4. The van der Waals surface area contributed by atoms with Gasteiger partial charge < -0.3 is 14.7 Å². The van der Waals surface area contributed by atoms with E-state index < -0.39 is 0 Å². The summed E-state index contributed by atoms with van der Waals surface area (Å²) in [5.74, 6) is 0.847. The molecule has 0 amide bonds. The first-order valence-corrected chi connectivity index (χ1v) is 20.2. The van der Waals surface area contributed by atoms with Gasteiger partial charge in [-0.25, -0.2) is 9.97 Å². The van der Waals surface area contributed by atoms with Crippen molar-refractivity contribution >= 4 is 62.3 Å². The van der Waals surface area contributed by atoms with Crippen LogP contribution in [0, 0.1) is 20.8 Å². The molecular formula is C50H41BrN4O. The highest BCUT2D eigenvalue weighted by molar-refractivity contribution is 9.09. The quantitative estimate of drug-likeness (QED) is 0.119. The van der Waals surface area contributed by atoms with Gasteiger partial charge in [-0.05, 0) is 110 Å². The summed E-state index contributed by atoms with van der Waals surface area (Å²) in [6.07, 6.45) is 9.52. The molecule has 0 spiro atoms. The maximum atomic E-state index is 6.03. The fraction of sp³-hybridized carbons (Fsp3) is 0.120. The van der Waals surface area contributed by atoms with E-state index in [9.17, 15) is 0 Å². The van der Waals surface area contributed by atoms with Crippen molar-refractivity contribution in [1.29, 1.82) is 0 Å². The number of alkyl halides is 1. The average Bonchev–Trinajstić information content (AvgIpc) is 4.06. The number of aromatic nitrogens is 4. The molecule has 0 unspecified atom stereocenters. The van der Waals surface area contributed by atoms with Crippen LogP contribution in [0.15, 0.2) is 121 Å². The number of aromatic amines is 2. The van der Waals surface area contributed by atoms with Crippen LogP contribution in [0.2, 0.25) is 0 Å². The maximum Gasteiger partial charge on any atom is 0.119 e. The molecule has 7 aromatic rings. The van der Waals surface area contributed by atoms with Gasteiger partial charge in [0.1, 0.15) is 5.75 Å². The molecule has 2 N–H and O–H groups in total. The third-order valence-electron chi connectivity index (χ3n) is 10.5. The number of nitrogens with zero attached hydrogens (tertiary/aromatic N) is 2. The highest BCUT2D eigenvalue weighted by atomic mass is 79.9. The molecule has 0 saturated carbocycles. The largest absolute Gasteiger partial charge is 0.494 e. The zero-order valence-electron chi connectivity index (χ0n) is 31.7. The summed E-state index contributed by atoms with van der Waals surface area (Å²) in [5.41, 5.74) is 19.5. The molecule has 2 aliphatic rings. The van der Waals surface area contributed by atoms with E-state index in [1.807, 2.05) is 0 Å². The van der Waals surface area contributed by atoms with Crippen LogP contribution < -0.4 is 4.74 Å². The Balaban J connectivity index is 1.40. The van der Waals surface area contributed by atoms with Crippen molar-refractivity contribution in [3.05, 3.63) is 161 Å². The van der Waals surface area contributed by atoms with E-state index in [0.29, 0.717) is 6.61 Å². The summed E-state index contributed by atoms with van der Waals surface area (Å²) in [6, 6.07) is 43.2. The number of ether oxygens (including phenoxy) is 1. The van der Waals surface area contributed by atoms with E-state index in [-0.39, 0.29) is 0 Å². The van der Waals surface area contributed by atoms with Crippen molar-refractivity contribution in [2.24, 2.45) is 0 Å². The highest BCUT2D eigenvalue weighted by Gasteiger charge is 2.19. The first kappa shape index (κ1) is 35.5. The molecule has 9 rings (SSSR count). The average molecular weight is 794 g/mol. The predicted octanol–water partition coefficient (Wildman–Crippen LogP) is 13.4. The van der Waals surface area contributed by atoms with Crippen LogP contribution in [0.5, 0.6) is 5.75 Å². The van der Waals surface area contributed by atoms with Gasteiger partial charge in [0, 0.05) is 49.7 Å². The molecule has 5 nitrogen and oxygen atoms in total. The minimum absolute atomic E-state index is 0.659. The molecule has 2 aliphatic heterocycles. The summed E-state index contributed by atoms with van der Waals surface area (Å²) in [7, 11) is 0. The molecule has 3 aromatic heterocycles. The number of hydrogen-bond donors (Lipinski definition) is 2. The van der Waals surface area contributed by atoms with Gasteiger partial charge in [0.2, 0.25) is 0 Å². The first-order valence-electron chi connectivity index (χ1n) is 19.1. The Labute approximate surface area is 335 Å². The van der Waals surface area contributed by atoms with Gasteiger partial charge in [-0.2, -0.15) is 0 Å². The van der Waals surface area contributed by atoms with Crippen LogP contribution in [-0.4, -0.2) is 31.9 Å². The van der Waals surface area contributed by atoms with Gasteiger partial charge in [0.05, 0.1) is 29.4 Å². The zero-order valence-corrected chi connectivity index (χ0v) is 33.2. The lowest BCUT2D eigenvalue weighted by molar-refractivity contribution is 0.319. The number of fused-ring (bicyclic) bond motifs is 8. The summed E-state index contributed by atoms with van der Waals surface area (Å²) in [5, 5.41) is 0.907. The molecule has 8 bridgehead atoms. The number of nitrogens with one attached hydrogen (secondary N) is 2. The Morgan fingerprint density at radius 2 is 0.732 bits per heavy atom. The molecule has 0 saturated heterocycles. The topological polar surface area (TPSA) is 66.6 Å². The van der Waals surface area contributed by atoms with E-state index in [2.05, 4.69) is 192 Å². The Kier molecular flexibility index (Phi) is 9.58. The Bertz CT molecular complexity index is 2760. The number of aryl methyl sites for hydroxylation is 3. The van der Waals surface area contributed by atoms with Gasteiger partial charge in [-0.3, -0.25) is 0 Å². The summed E-state index contributed by atoms with van der Waals surface area (Å²) in [4.78, 5) is 18.6. The molecule has 274 valence electrons. The van der Waals surface area contributed by atoms with E-state index in [0.717, 1.165) is 107 Å². The second kappa shape index (κ2) is 15.1. The molecule has 0 fully saturated rings. The summed E-state index contributed by atoms with van der Waals surface area (Å²) >= 11 is 3.51. The molecule has 0 aliphatic carbocycles. The fourth-order valence-corrected chi connectivity index (χ4v) is 7.77. The van der Waals surface area contributed by atoms with Gasteiger partial charge >= 0.3 is 0 Å². The molecule has 56 heavy (non-hydrogen) atoms. The van der Waals surface area contributed by atoms with Crippen molar-refractivity contribution < 1.29 is 4.74 Å². The fourth-order valence-electron chi connectivity index (χ4n) is 7.54. The summed E-state index contributed by atoms with van der Waals surface area (Å²) in [6.45, 7) is 7.02. The van der Waals surface area contributed by atoms with E-state index in [1.54, 1.807) is 0 Å². The van der Waals surface area contributed by atoms with Crippen molar-refractivity contribution in [2.45, 2.75) is 27.2 Å². The minimum atomic E-state index is 0.659. The van der Waals surface area contributed by atoms with Crippen LogP contribution >= 0.6 is 15.9 Å². The normalized spacial score (nSPS) is 12.0. The lowest BCUT2D eigenvalue weighted by Crippen LogP contribution is -1.97. The number of H-pyrrole nitrogens is 2. The zero-order chi connectivity index (χ0) is 38.2. The number of rotatable bonds is 8. The second-order valence-corrected chi connectivity index (χ2v) is 15.3. The van der Waals surface area contributed by atoms with Gasteiger partial charge in [0.25, 0.3) is 0 Å². The van der Waals surface area contributed by atoms with Crippen LogP contribution in [0.25, 0.3) is 90.9 Å². The summed E-state index contributed by atoms with van der Waals surface area (Å²) < 4.78 is 6.03. The van der Waals surface area contributed by atoms with Crippen molar-refractivity contribution in [1.82, 2.24) is 19.9 Å². The lowest BCUT2D eigenvalue weighted by Gasteiger charge is -2.08. The lowest BCUT2D eigenvalue weighted by atomic mass is 10.0. The third-order valence-corrected chi connectivity index (χ3v) is 11.0. The maximum absolute atomic E-state index is 6.03. The molecular weight excluding hydrogens is 752 g/mol. The van der Waals surface area contributed by atoms with E-state index in [4.69, 9.17) is 14.7 Å². The highest BCUT2D eigenvalue weighted by Crippen LogP contribution is 2.39. The van der Waals surface area contributed by atoms with Crippen LogP contribution in [0.1, 0.15) is 45.9 Å². The van der Waals surface area contributed by atoms with Crippen molar-refractivity contribution in [2.75, 3.05) is 11.9 Å². The Morgan fingerprint density at radius 3 is 1.04 bits per heavy atom. The van der Waals surface area contributed by atoms with Gasteiger partial charge in [-0.1, -0.05) is 118 Å². The van der Waals surface area contributed by atoms with Crippen molar-refractivity contribution in [3.63, 3.8) is 0 Å². The van der Waals surface area contributed by atoms with Crippen LogP contribution in [0.3, 0.4) is 0 Å². The van der Waals surface area contributed by atoms with Gasteiger partial charge in [0.15, 0.2) is 0 Å². The Morgan fingerprint density at radius 1 is 0.429 bits per heavy atom. The van der Waals surface area contributed by atoms with E-state index in [1.165, 1.54) is 16.7 Å². The SMILES string of the molecule is Cc1ccc(-c2c3nc(c(-c4ccc(C)cc4)c4ccc([nH]4)c(-c4ccc(OCCCBr)cc4)c4nc(c(-c5ccc(C)cc5)c5ccc2[nH]5)C=C4)C=C3)cc1. The molecule has 6 heteroatoms. The van der Waals surface area contributed by atoms with Crippen LogP contribution in [-0.2, 0) is 0 Å². The van der Waals surface area contributed by atoms with E-state index >= 15 is 0 Å². The Hall–Kier alpha value is -6.24. The minimum Gasteiger partial charge on any atom is -0.494 e. The number of benzene rings is 4. The monoisotopic (exact) mass is 792 g/mol. The van der Waals surface area contributed by atoms with Crippen molar-refractivity contribution in [3.8, 4) is 50.3 Å².